The van der Waals surface area contributed by atoms with Crippen molar-refractivity contribution in [3.63, 3.8) is 0 Å². The van der Waals surface area contributed by atoms with E-state index >= 15 is 0 Å². The lowest BCUT2D eigenvalue weighted by molar-refractivity contribution is -0.343. The van der Waals surface area contributed by atoms with Crippen molar-refractivity contribution in [3.8, 4) is 17.6 Å². The third kappa shape index (κ3) is 8.63. The van der Waals surface area contributed by atoms with Crippen LogP contribution in [-0.4, -0.2) is 52.0 Å². The summed E-state index contributed by atoms with van der Waals surface area (Å²) in [7, 11) is 0. The smallest absolute Gasteiger partial charge is 0.438 e. The average Bonchev–Trinajstić information content (AvgIpc) is 2.85. The molecule has 5 nitrogen and oxygen atoms in total. The number of carbonyl (C=O) groups is 1. The number of rotatable bonds is 11. The number of hydrogen-bond acceptors (Lipinski definition) is 4. The van der Waals surface area contributed by atoms with Crippen LogP contribution >= 0.6 is 0 Å². The molecule has 0 heterocycles. The van der Waals surface area contributed by atoms with Crippen molar-refractivity contribution >= 4 is 5.97 Å². The van der Waals surface area contributed by atoms with Crippen LogP contribution in [-0.2, 0) is 11.2 Å². The maximum atomic E-state index is 12.9. The third-order valence-electron chi connectivity index (χ3n) is 6.56. The number of carboxylic acid groups (broad SMARTS) is 1. The molecule has 0 aromatic heterocycles. The molecule has 2 aromatic rings. The summed E-state index contributed by atoms with van der Waals surface area (Å²) in [6.07, 6.45) is -10.9. The first-order chi connectivity index (χ1) is 18.5. The highest BCUT2D eigenvalue weighted by atomic mass is 19.4. The van der Waals surface area contributed by atoms with Gasteiger partial charge in [-0.1, -0.05) is 37.1 Å². The SMILES string of the molecule is CCC(CCc1ccc(C#CC(O)(C(F)(F)F)C(F)(F)F)c(C)c1)c1ccc(OC[C@@H](O)CCC(=O)O)c(C)c1. The molecule has 0 saturated heterocycles. The van der Waals surface area contributed by atoms with Crippen LogP contribution < -0.4 is 4.74 Å². The fraction of sp³-hybridized carbons (Fsp3) is 0.483. The van der Waals surface area contributed by atoms with Crippen molar-refractivity contribution in [1.29, 1.82) is 0 Å². The zero-order valence-electron chi connectivity index (χ0n) is 22.3. The lowest BCUT2D eigenvalue weighted by atomic mass is 9.89. The second-order valence-electron chi connectivity index (χ2n) is 9.67. The molecule has 0 aliphatic carbocycles. The Labute approximate surface area is 228 Å². The zero-order valence-corrected chi connectivity index (χ0v) is 22.3. The van der Waals surface area contributed by atoms with E-state index in [4.69, 9.17) is 9.84 Å². The second-order valence-corrected chi connectivity index (χ2v) is 9.67. The van der Waals surface area contributed by atoms with Crippen LogP contribution in [0.15, 0.2) is 36.4 Å². The molecule has 220 valence electrons. The fourth-order valence-electron chi connectivity index (χ4n) is 4.08. The van der Waals surface area contributed by atoms with E-state index in [2.05, 4.69) is 0 Å². The molecule has 40 heavy (non-hydrogen) atoms. The summed E-state index contributed by atoms with van der Waals surface area (Å²) in [4.78, 5) is 10.6. The van der Waals surface area contributed by atoms with Crippen molar-refractivity contribution in [2.24, 2.45) is 0 Å². The first-order valence-electron chi connectivity index (χ1n) is 12.6. The van der Waals surface area contributed by atoms with Crippen molar-refractivity contribution in [2.45, 2.75) is 82.9 Å². The van der Waals surface area contributed by atoms with Gasteiger partial charge in [-0.3, -0.25) is 4.79 Å². The van der Waals surface area contributed by atoms with E-state index in [1.54, 1.807) is 18.2 Å². The molecule has 2 rings (SSSR count). The minimum Gasteiger partial charge on any atom is -0.491 e. The molecule has 0 aliphatic heterocycles. The quantitative estimate of drug-likeness (QED) is 0.219. The number of benzene rings is 2. The maximum Gasteiger partial charge on any atom is 0.438 e. The number of hydrogen-bond donors (Lipinski definition) is 3. The Morgan fingerprint density at radius 3 is 2.15 bits per heavy atom. The van der Waals surface area contributed by atoms with Crippen LogP contribution in [0.3, 0.4) is 0 Å². The van der Waals surface area contributed by atoms with Gasteiger partial charge < -0.3 is 20.1 Å². The number of ether oxygens (including phenoxy) is 1. The van der Waals surface area contributed by atoms with Crippen LogP contribution in [0.2, 0.25) is 0 Å². The van der Waals surface area contributed by atoms with Crippen LogP contribution in [0.1, 0.15) is 66.3 Å². The first-order valence-corrected chi connectivity index (χ1v) is 12.6. The van der Waals surface area contributed by atoms with Crippen molar-refractivity contribution in [1.82, 2.24) is 0 Å². The maximum absolute atomic E-state index is 12.9. The number of carboxylic acids is 1. The predicted octanol–water partition coefficient (Wildman–Crippen LogP) is 6.24. The topological polar surface area (TPSA) is 87.0 Å². The molecular weight excluding hydrogens is 542 g/mol. The van der Waals surface area contributed by atoms with Crippen LogP contribution in [0.4, 0.5) is 26.3 Å². The monoisotopic (exact) mass is 574 g/mol. The molecule has 0 fully saturated rings. The molecular formula is C29H32F6O5. The first kappa shape index (κ1) is 33.0. The predicted molar refractivity (Wildman–Crippen MR) is 136 cm³/mol. The van der Waals surface area contributed by atoms with E-state index in [0.29, 0.717) is 17.7 Å². The van der Waals surface area contributed by atoms with Gasteiger partial charge in [0.25, 0.3) is 0 Å². The highest BCUT2D eigenvalue weighted by Gasteiger charge is 2.70. The summed E-state index contributed by atoms with van der Waals surface area (Å²) >= 11 is 0. The molecule has 0 amide bonds. The zero-order chi connectivity index (χ0) is 30.3. The Kier molecular flexibility index (Phi) is 11.1. The van der Waals surface area contributed by atoms with Gasteiger partial charge in [-0.2, -0.15) is 26.3 Å². The van der Waals surface area contributed by atoms with E-state index < -0.39 is 30.0 Å². The van der Waals surface area contributed by atoms with Gasteiger partial charge in [-0.05, 0) is 85.8 Å². The van der Waals surface area contributed by atoms with Crippen molar-refractivity contribution < 1.29 is 51.2 Å². The molecule has 0 saturated carbocycles. The van der Waals surface area contributed by atoms with Gasteiger partial charge >= 0.3 is 23.9 Å². The van der Waals surface area contributed by atoms with Crippen LogP contribution in [0, 0.1) is 25.7 Å². The lowest BCUT2D eigenvalue weighted by Gasteiger charge is -2.27. The highest BCUT2D eigenvalue weighted by molar-refractivity contribution is 5.66. The standard InChI is InChI=1S/C29H32F6O5/c1-4-21(23-9-11-25(19(3)16-23)40-17-24(36)10-12-26(37)38)7-5-20-6-8-22(18(2)15-20)13-14-27(39,28(30,31)32)29(33,34)35/h6,8-9,11,15-16,21,24,36,39H,4-5,7,10,12,17H2,1-3H3,(H,37,38)/t21?,24-/m0/s1. The summed E-state index contributed by atoms with van der Waals surface area (Å²) in [5.74, 6) is 2.55. The number of alkyl halides is 6. The molecule has 1 unspecified atom stereocenters. The Morgan fingerprint density at radius 2 is 1.62 bits per heavy atom. The molecule has 0 radical (unpaired) electrons. The molecule has 0 bridgehead atoms. The minimum atomic E-state index is -6.01. The van der Waals surface area contributed by atoms with E-state index in [1.165, 1.54) is 13.0 Å². The van der Waals surface area contributed by atoms with E-state index in [0.717, 1.165) is 35.5 Å². The molecule has 0 spiro atoms. The Hall–Kier alpha value is -3.23. The molecule has 3 N–H and O–H groups in total. The summed E-state index contributed by atoms with van der Waals surface area (Å²) in [5, 5.41) is 27.8. The number of aryl methyl sites for hydroxylation is 3. The summed E-state index contributed by atoms with van der Waals surface area (Å²) in [6.45, 7) is 5.37. The largest absolute Gasteiger partial charge is 0.491 e. The number of aliphatic hydroxyl groups is 2. The molecule has 2 aromatic carbocycles. The van der Waals surface area contributed by atoms with Crippen molar-refractivity contribution in [2.75, 3.05) is 6.61 Å². The van der Waals surface area contributed by atoms with Crippen molar-refractivity contribution in [3.05, 3.63) is 64.2 Å². The fourth-order valence-corrected chi connectivity index (χ4v) is 4.08. The second kappa shape index (κ2) is 13.4. The molecule has 0 aliphatic rings. The summed E-state index contributed by atoms with van der Waals surface area (Å²) in [5.41, 5.74) is -2.07. The van der Waals surface area contributed by atoms with Gasteiger partial charge in [0.05, 0.1) is 6.10 Å². The van der Waals surface area contributed by atoms with Gasteiger partial charge in [0.15, 0.2) is 0 Å². The summed E-state index contributed by atoms with van der Waals surface area (Å²) in [6, 6.07) is 10.2. The van der Waals surface area contributed by atoms with E-state index in [9.17, 15) is 41.4 Å². The Balaban J connectivity index is 2.08. The highest BCUT2D eigenvalue weighted by Crippen LogP contribution is 2.42. The van der Waals surface area contributed by atoms with Crippen LogP contribution in [0.25, 0.3) is 0 Å². The number of halogens is 6. The normalized spacial score (nSPS) is 13.8. The van der Waals surface area contributed by atoms with Gasteiger partial charge in [-0.15, -0.1) is 0 Å². The van der Waals surface area contributed by atoms with Gasteiger partial charge in [-0.25, -0.2) is 0 Å². The van der Waals surface area contributed by atoms with Gasteiger partial charge in [0.1, 0.15) is 12.4 Å². The van der Waals surface area contributed by atoms with Gasteiger partial charge in [0, 0.05) is 12.0 Å². The lowest BCUT2D eigenvalue weighted by Crippen LogP contribution is -2.55. The third-order valence-corrected chi connectivity index (χ3v) is 6.56. The average molecular weight is 575 g/mol. The van der Waals surface area contributed by atoms with Crippen LogP contribution in [0.5, 0.6) is 5.75 Å². The summed E-state index contributed by atoms with van der Waals surface area (Å²) < 4.78 is 82.9. The minimum absolute atomic E-state index is 0.0317. The van der Waals surface area contributed by atoms with Gasteiger partial charge in [0.2, 0.25) is 0 Å². The Bertz CT molecular complexity index is 1210. The number of aliphatic carboxylic acids is 1. The molecule has 2 atom stereocenters. The Morgan fingerprint density at radius 1 is 0.975 bits per heavy atom. The van der Waals surface area contributed by atoms with E-state index in [1.807, 2.05) is 31.9 Å². The molecule has 11 heteroatoms. The number of aliphatic hydroxyl groups excluding tert-OH is 1. The van der Waals surface area contributed by atoms with E-state index in [-0.39, 0.29) is 30.9 Å².